The monoisotopic (exact) mass is 731 g/mol. The topological polar surface area (TPSA) is 65.0 Å². The second-order valence-corrected chi connectivity index (χ2v) is 15.2. The zero-order valence-electron chi connectivity index (χ0n) is 31.0. The average Bonchev–Trinajstić information content (AvgIpc) is 3.85. The van der Waals surface area contributed by atoms with Gasteiger partial charge in [-0.25, -0.2) is 15.0 Å². The van der Waals surface area contributed by atoms with Gasteiger partial charge in [-0.2, -0.15) is 0 Å². The van der Waals surface area contributed by atoms with E-state index in [1.54, 1.807) is 0 Å². The van der Waals surface area contributed by atoms with Crippen LogP contribution in [0.25, 0.3) is 117 Å². The van der Waals surface area contributed by atoms with Crippen LogP contribution in [0.1, 0.15) is 30.6 Å². The van der Waals surface area contributed by atoms with Crippen LogP contribution in [-0.2, 0) is 0 Å². The number of furan rings is 2. The SMILES string of the molecule is CC1CC=Cc2c1oc1cc(-c3cccc4c3oc3cccc(-c5nc(-c6ccc7ccccc7c6)nc(-c6ccc7ccccc7c6)n5)c34)c3ccccc3c21. The van der Waals surface area contributed by atoms with Gasteiger partial charge in [-0.05, 0) is 68.6 Å². The van der Waals surface area contributed by atoms with Gasteiger partial charge in [0.15, 0.2) is 17.5 Å². The van der Waals surface area contributed by atoms with Gasteiger partial charge >= 0.3 is 0 Å². The number of nitrogens with zero attached hydrogens (tertiary/aromatic N) is 3. The Morgan fingerprint density at radius 2 is 1.09 bits per heavy atom. The smallest absolute Gasteiger partial charge is 0.164 e. The third kappa shape index (κ3) is 4.99. The summed E-state index contributed by atoms with van der Waals surface area (Å²) in [6.45, 7) is 2.24. The Balaban J connectivity index is 1.09. The van der Waals surface area contributed by atoms with Gasteiger partial charge in [0.2, 0.25) is 0 Å². The molecule has 0 spiro atoms. The van der Waals surface area contributed by atoms with Crippen molar-refractivity contribution in [3.8, 4) is 45.3 Å². The fourth-order valence-corrected chi connectivity index (χ4v) is 8.91. The van der Waals surface area contributed by atoms with Gasteiger partial charge in [0.25, 0.3) is 0 Å². The quantitative estimate of drug-likeness (QED) is 0.180. The van der Waals surface area contributed by atoms with E-state index >= 15 is 0 Å². The van der Waals surface area contributed by atoms with Gasteiger partial charge in [0, 0.05) is 49.9 Å². The molecule has 11 aromatic rings. The predicted molar refractivity (Wildman–Crippen MR) is 233 cm³/mol. The van der Waals surface area contributed by atoms with E-state index in [0.29, 0.717) is 23.4 Å². The van der Waals surface area contributed by atoms with E-state index in [1.165, 1.54) is 27.1 Å². The summed E-state index contributed by atoms with van der Waals surface area (Å²) in [7, 11) is 0. The Labute approximate surface area is 327 Å². The molecule has 3 heterocycles. The lowest BCUT2D eigenvalue weighted by Gasteiger charge is -2.12. The summed E-state index contributed by atoms with van der Waals surface area (Å²) in [5.74, 6) is 3.21. The normalized spacial score (nSPS) is 14.1. The Morgan fingerprint density at radius 3 is 1.82 bits per heavy atom. The van der Waals surface area contributed by atoms with E-state index in [2.05, 4.69) is 159 Å². The molecule has 0 radical (unpaired) electrons. The minimum Gasteiger partial charge on any atom is -0.460 e. The van der Waals surface area contributed by atoms with Gasteiger partial charge in [-0.15, -0.1) is 0 Å². The van der Waals surface area contributed by atoms with Crippen LogP contribution >= 0.6 is 0 Å². The van der Waals surface area contributed by atoms with Crippen molar-refractivity contribution < 1.29 is 8.83 Å². The van der Waals surface area contributed by atoms with E-state index in [1.807, 2.05) is 12.1 Å². The number of aromatic nitrogens is 3. The van der Waals surface area contributed by atoms with Crippen LogP contribution in [0.15, 0.2) is 167 Å². The number of hydrogen-bond donors (Lipinski definition) is 0. The first-order valence-electron chi connectivity index (χ1n) is 19.5. The minimum absolute atomic E-state index is 0.329. The molecule has 0 bridgehead atoms. The first-order chi connectivity index (χ1) is 28.1. The standard InChI is InChI=1S/C52H33N3O2/c1-30-11-8-19-40-46-38-17-7-6-16-37(38)43(29-45(46)57-48(30)40)39-18-9-20-41-47-42(21-10-22-44(47)56-49(39)41)52-54-50(35-25-23-31-12-2-4-14-33(31)27-35)53-51(55-52)36-26-24-32-13-3-5-15-34(32)28-36/h2-10,12-30H,11H2,1H3. The first-order valence-corrected chi connectivity index (χ1v) is 19.5. The molecule has 57 heavy (non-hydrogen) atoms. The molecule has 1 aliphatic carbocycles. The third-order valence-corrected chi connectivity index (χ3v) is 11.7. The number of rotatable bonds is 4. The summed E-state index contributed by atoms with van der Waals surface area (Å²) in [4.78, 5) is 15.6. The number of allylic oxidation sites excluding steroid dienone is 1. The maximum absolute atomic E-state index is 6.87. The summed E-state index contributed by atoms with van der Waals surface area (Å²) >= 11 is 0. The second-order valence-electron chi connectivity index (χ2n) is 15.2. The predicted octanol–water partition coefficient (Wildman–Crippen LogP) is 14.2. The van der Waals surface area contributed by atoms with Crippen molar-refractivity contribution in [2.75, 3.05) is 0 Å². The molecule has 0 amide bonds. The van der Waals surface area contributed by atoms with Crippen LogP contribution in [-0.4, -0.2) is 15.0 Å². The molecule has 3 aromatic heterocycles. The Bertz CT molecular complexity index is 3380. The Kier molecular flexibility index (Phi) is 6.90. The number of para-hydroxylation sites is 1. The first kappa shape index (κ1) is 31.9. The lowest BCUT2D eigenvalue weighted by molar-refractivity contribution is 0.504. The maximum Gasteiger partial charge on any atom is 0.164 e. The zero-order valence-corrected chi connectivity index (χ0v) is 31.0. The van der Waals surface area contributed by atoms with Crippen molar-refractivity contribution in [1.82, 2.24) is 15.0 Å². The fourth-order valence-electron chi connectivity index (χ4n) is 8.91. The van der Waals surface area contributed by atoms with Crippen LogP contribution in [0, 0.1) is 0 Å². The van der Waals surface area contributed by atoms with E-state index in [-0.39, 0.29) is 0 Å². The molecule has 0 aliphatic heterocycles. The van der Waals surface area contributed by atoms with Crippen LogP contribution in [0.3, 0.4) is 0 Å². The molecule has 0 saturated heterocycles. The van der Waals surface area contributed by atoms with Crippen molar-refractivity contribution in [1.29, 1.82) is 0 Å². The molecule has 1 aliphatic rings. The largest absolute Gasteiger partial charge is 0.460 e. The number of benzene rings is 8. The van der Waals surface area contributed by atoms with Crippen molar-refractivity contribution >= 4 is 71.3 Å². The van der Waals surface area contributed by atoms with E-state index in [0.717, 1.165) is 83.7 Å². The van der Waals surface area contributed by atoms with E-state index in [4.69, 9.17) is 23.8 Å². The van der Waals surface area contributed by atoms with Gasteiger partial charge in [0.05, 0.1) is 0 Å². The molecule has 268 valence electrons. The zero-order chi connectivity index (χ0) is 37.6. The molecule has 0 saturated carbocycles. The molecule has 1 atom stereocenters. The van der Waals surface area contributed by atoms with Crippen LogP contribution < -0.4 is 0 Å². The lowest BCUT2D eigenvalue weighted by Crippen LogP contribution is -2.00. The van der Waals surface area contributed by atoms with Crippen molar-refractivity contribution in [2.45, 2.75) is 19.3 Å². The molecule has 8 aromatic carbocycles. The molecular formula is C52H33N3O2. The van der Waals surface area contributed by atoms with Crippen molar-refractivity contribution in [3.05, 3.63) is 169 Å². The highest BCUT2D eigenvalue weighted by atomic mass is 16.3. The molecular weight excluding hydrogens is 699 g/mol. The van der Waals surface area contributed by atoms with Crippen LogP contribution in [0.5, 0.6) is 0 Å². The van der Waals surface area contributed by atoms with Crippen molar-refractivity contribution in [3.63, 3.8) is 0 Å². The van der Waals surface area contributed by atoms with Gasteiger partial charge in [0.1, 0.15) is 22.5 Å². The highest BCUT2D eigenvalue weighted by Gasteiger charge is 2.25. The molecule has 5 heteroatoms. The Hall–Kier alpha value is -7.37. The van der Waals surface area contributed by atoms with Crippen LogP contribution in [0.2, 0.25) is 0 Å². The highest BCUT2D eigenvalue weighted by molar-refractivity contribution is 6.20. The summed E-state index contributed by atoms with van der Waals surface area (Å²) in [5.41, 5.74) is 8.50. The molecule has 0 fully saturated rings. The van der Waals surface area contributed by atoms with Gasteiger partial charge < -0.3 is 8.83 Å². The van der Waals surface area contributed by atoms with Gasteiger partial charge in [-0.1, -0.05) is 146 Å². The summed E-state index contributed by atoms with van der Waals surface area (Å²) in [6, 6.07) is 52.9. The van der Waals surface area contributed by atoms with E-state index in [9.17, 15) is 0 Å². The molecule has 1 unspecified atom stereocenters. The average molecular weight is 732 g/mol. The van der Waals surface area contributed by atoms with E-state index < -0.39 is 0 Å². The van der Waals surface area contributed by atoms with Gasteiger partial charge in [-0.3, -0.25) is 0 Å². The number of fused-ring (bicyclic) bond motifs is 10. The second kappa shape index (κ2) is 12.3. The minimum atomic E-state index is 0.329. The molecule has 0 N–H and O–H groups in total. The lowest BCUT2D eigenvalue weighted by atomic mass is 9.90. The molecule has 5 nitrogen and oxygen atoms in total. The number of hydrogen-bond acceptors (Lipinski definition) is 5. The third-order valence-electron chi connectivity index (χ3n) is 11.7. The van der Waals surface area contributed by atoms with Crippen LogP contribution in [0.4, 0.5) is 0 Å². The van der Waals surface area contributed by atoms with Crippen molar-refractivity contribution in [2.24, 2.45) is 0 Å². The Morgan fingerprint density at radius 1 is 0.474 bits per heavy atom. The maximum atomic E-state index is 6.87. The highest BCUT2D eigenvalue weighted by Crippen LogP contribution is 2.46. The summed E-state index contributed by atoms with van der Waals surface area (Å²) in [5, 5.41) is 10.1. The summed E-state index contributed by atoms with van der Waals surface area (Å²) in [6.07, 6.45) is 5.47. The summed E-state index contributed by atoms with van der Waals surface area (Å²) < 4.78 is 13.5. The fraction of sp³-hybridized carbons (Fsp3) is 0.0577. The molecule has 12 rings (SSSR count).